The maximum absolute atomic E-state index is 11.3. The van der Waals surface area contributed by atoms with Crippen LogP contribution in [-0.2, 0) is 20.9 Å². The van der Waals surface area contributed by atoms with E-state index in [0.717, 1.165) is 5.56 Å². The molecule has 0 aromatic heterocycles. The van der Waals surface area contributed by atoms with Gasteiger partial charge in [-0.05, 0) is 12.5 Å². The van der Waals surface area contributed by atoms with Crippen LogP contribution >= 0.6 is 0 Å². The molecule has 16 heavy (non-hydrogen) atoms. The van der Waals surface area contributed by atoms with Crippen LogP contribution < -0.4 is 0 Å². The van der Waals surface area contributed by atoms with Crippen LogP contribution in [0, 0.1) is 0 Å². The maximum Gasteiger partial charge on any atom is 0.345 e. The van der Waals surface area contributed by atoms with Crippen LogP contribution in [0.15, 0.2) is 42.2 Å². The molecule has 0 saturated heterocycles. The van der Waals surface area contributed by atoms with E-state index in [9.17, 15) is 9.59 Å². The first-order chi connectivity index (χ1) is 7.65. The lowest BCUT2D eigenvalue weighted by Crippen LogP contribution is -2.13. The monoisotopic (exact) mass is 220 g/mol. The minimum atomic E-state index is -0.821. The van der Waals surface area contributed by atoms with E-state index in [4.69, 9.17) is 9.84 Å². The minimum Gasteiger partial charge on any atom is -0.515 e. The summed E-state index contributed by atoms with van der Waals surface area (Å²) in [7, 11) is 0. The van der Waals surface area contributed by atoms with Gasteiger partial charge < -0.3 is 9.84 Å². The lowest BCUT2D eigenvalue weighted by atomic mass is 10.2. The second-order valence-corrected chi connectivity index (χ2v) is 3.16. The zero-order chi connectivity index (χ0) is 12.0. The number of ether oxygens (including phenoxy) is 1. The summed E-state index contributed by atoms with van der Waals surface area (Å²) in [6, 6.07) is 9.07. The third-order valence-electron chi connectivity index (χ3n) is 1.94. The van der Waals surface area contributed by atoms with Crippen molar-refractivity contribution in [2.75, 3.05) is 0 Å². The molecule has 0 saturated carbocycles. The van der Waals surface area contributed by atoms with Gasteiger partial charge in [0, 0.05) is 0 Å². The molecule has 0 unspecified atom stereocenters. The van der Waals surface area contributed by atoms with Gasteiger partial charge >= 0.3 is 5.97 Å². The molecule has 0 bridgehead atoms. The van der Waals surface area contributed by atoms with E-state index in [-0.39, 0.29) is 12.2 Å². The molecule has 1 N–H and O–H groups in total. The number of carbonyl (C=O) groups is 2. The Morgan fingerprint density at radius 1 is 1.31 bits per heavy atom. The molecule has 0 spiro atoms. The number of carbonyl (C=O) groups excluding carboxylic acids is 2. The van der Waals surface area contributed by atoms with E-state index < -0.39 is 11.8 Å². The SMILES string of the molecule is CC(=O)C(=CO)C(=O)OCc1ccccc1. The molecule has 84 valence electrons. The van der Waals surface area contributed by atoms with E-state index in [1.807, 2.05) is 18.2 Å². The lowest BCUT2D eigenvalue weighted by Gasteiger charge is -2.04. The number of esters is 1. The Balaban J connectivity index is 2.57. The molecule has 0 aliphatic heterocycles. The van der Waals surface area contributed by atoms with E-state index in [2.05, 4.69) is 0 Å². The van der Waals surface area contributed by atoms with Crippen LogP contribution in [0.2, 0.25) is 0 Å². The van der Waals surface area contributed by atoms with Gasteiger partial charge in [-0.1, -0.05) is 30.3 Å². The van der Waals surface area contributed by atoms with Crippen LogP contribution in [0.1, 0.15) is 12.5 Å². The number of benzene rings is 1. The highest BCUT2D eigenvalue weighted by atomic mass is 16.5. The molecule has 4 heteroatoms. The number of hydrogen-bond acceptors (Lipinski definition) is 4. The van der Waals surface area contributed by atoms with Crippen LogP contribution in [0.3, 0.4) is 0 Å². The Kier molecular flexibility index (Phi) is 4.27. The average molecular weight is 220 g/mol. The quantitative estimate of drug-likeness (QED) is 0.276. The molecule has 0 aliphatic carbocycles. The predicted octanol–water partition coefficient (Wildman–Crippen LogP) is 1.76. The fraction of sp³-hybridized carbons (Fsp3) is 0.167. The zero-order valence-corrected chi connectivity index (χ0v) is 8.84. The van der Waals surface area contributed by atoms with E-state index in [0.29, 0.717) is 6.26 Å². The highest BCUT2D eigenvalue weighted by Gasteiger charge is 2.15. The van der Waals surface area contributed by atoms with Crippen LogP contribution in [0.4, 0.5) is 0 Å². The Bertz CT molecular complexity index is 406. The van der Waals surface area contributed by atoms with Crippen molar-refractivity contribution >= 4 is 11.8 Å². The summed E-state index contributed by atoms with van der Waals surface area (Å²) in [5.41, 5.74) is 0.465. The number of rotatable bonds is 4. The molecule has 0 amide bonds. The third kappa shape index (κ3) is 3.24. The summed E-state index contributed by atoms with van der Waals surface area (Å²) in [4.78, 5) is 22.2. The first-order valence-corrected chi connectivity index (χ1v) is 4.71. The molecule has 1 aromatic carbocycles. The van der Waals surface area contributed by atoms with Crippen molar-refractivity contribution in [2.24, 2.45) is 0 Å². The van der Waals surface area contributed by atoms with E-state index in [1.165, 1.54) is 6.92 Å². The average Bonchev–Trinajstić information content (AvgIpc) is 2.28. The fourth-order valence-corrected chi connectivity index (χ4v) is 1.09. The van der Waals surface area contributed by atoms with E-state index in [1.54, 1.807) is 12.1 Å². The normalized spacial score (nSPS) is 10.9. The van der Waals surface area contributed by atoms with Crippen molar-refractivity contribution in [3.8, 4) is 0 Å². The summed E-state index contributed by atoms with van der Waals surface area (Å²) in [5.74, 6) is -1.35. The highest BCUT2D eigenvalue weighted by Crippen LogP contribution is 2.04. The van der Waals surface area contributed by atoms with Crippen LogP contribution in [-0.4, -0.2) is 16.9 Å². The number of hydrogen-bond donors (Lipinski definition) is 1. The molecule has 4 nitrogen and oxygen atoms in total. The van der Waals surface area contributed by atoms with Crippen molar-refractivity contribution in [3.05, 3.63) is 47.7 Å². The van der Waals surface area contributed by atoms with Crippen LogP contribution in [0.5, 0.6) is 0 Å². The summed E-state index contributed by atoms with van der Waals surface area (Å²) in [6.45, 7) is 1.26. The molecule has 0 heterocycles. The van der Waals surface area contributed by atoms with Gasteiger partial charge in [-0.3, -0.25) is 4.79 Å². The van der Waals surface area contributed by atoms with E-state index >= 15 is 0 Å². The Labute approximate surface area is 93.2 Å². The fourth-order valence-electron chi connectivity index (χ4n) is 1.09. The first kappa shape index (κ1) is 12.0. The van der Waals surface area contributed by atoms with Gasteiger partial charge in [0.2, 0.25) is 0 Å². The number of ketones is 1. The molecular formula is C12H12O4. The number of aliphatic hydroxyl groups excluding tert-OH is 1. The van der Waals surface area contributed by atoms with Crippen molar-refractivity contribution in [1.29, 1.82) is 0 Å². The number of Topliss-reactive ketones (excluding diaryl/α,β-unsaturated/α-hetero) is 1. The topological polar surface area (TPSA) is 63.6 Å². The largest absolute Gasteiger partial charge is 0.515 e. The lowest BCUT2D eigenvalue weighted by molar-refractivity contribution is -0.141. The zero-order valence-electron chi connectivity index (χ0n) is 8.84. The molecule has 0 atom stereocenters. The molecule has 0 aliphatic rings. The Hall–Kier alpha value is -2.10. The van der Waals surface area contributed by atoms with Crippen molar-refractivity contribution in [2.45, 2.75) is 13.5 Å². The third-order valence-corrected chi connectivity index (χ3v) is 1.94. The Morgan fingerprint density at radius 3 is 2.44 bits per heavy atom. The number of aliphatic hydroxyl groups is 1. The van der Waals surface area contributed by atoms with Gasteiger partial charge in [0.25, 0.3) is 0 Å². The second-order valence-electron chi connectivity index (χ2n) is 3.16. The van der Waals surface area contributed by atoms with Gasteiger partial charge in [-0.25, -0.2) is 4.79 Å². The second kappa shape index (κ2) is 5.70. The Morgan fingerprint density at radius 2 is 1.94 bits per heavy atom. The van der Waals surface area contributed by atoms with Crippen molar-refractivity contribution in [1.82, 2.24) is 0 Å². The molecule has 1 aromatic rings. The smallest absolute Gasteiger partial charge is 0.345 e. The van der Waals surface area contributed by atoms with Crippen molar-refractivity contribution in [3.63, 3.8) is 0 Å². The summed E-state index contributed by atoms with van der Waals surface area (Å²) < 4.78 is 4.85. The maximum atomic E-state index is 11.3. The van der Waals surface area contributed by atoms with Gasteiger partial charge in [0.15, 0.2) is 5.78 Å². The van der Waals surface area contributed by atoms with Gasteiger partial charge in [-0.15, -0.1) is 0 Å². The molecule has 0 fully saturated rings. The predicted molar refractivity (Wildman–Crippen MR) is 57.6 cm³/mol. The molecular weight excluding hydrogens is 208 g/mol. The minimum absolute atomic E-state index is 0.0737. The summed E-state index contributed by atoms with van der Waals surface area (Å²) in [6.07, 6.45) is 0.468. The highest BCUT2D eigenvalue weighted by molar-refractivity contribution is 6.16. The molecule has 0 radical (unpaired) electrons. The van der Waals surface area contributed by atoms with Gasteiger partial charge in [-0.2, -0.15) is 0 Å². The first-order valence-electron chi connectivity index (χ1n) is 4.71. The van der Waals surface area contributed by atoms with Crippen molar-refractivity contribution < 1.29 is 19.4 Å². The standard InChI is InChI=1S/C12H12O4/c1-9(14)11(7-13)12(15)16-8-10-5-3-2-4-6-10/h2-7,13H,8H2,1H3. The molecule has 1 rings (SSSR count). The summed E-state index contributed by atoms with van der Waals surface area (Å²) >= 11 is 0. The van der Waals surface area contributed by atoms with Gasteiger partial charge in [0.1, 0.15) is 12.2 Å². The van der Waals surface area contributed by atoms with Crippen LogP contribution in [0.25, 0.3) is 0 Å². The van der Waals surface area contributed by atoms with Gasteiger partial charge in [0.05, 0.1) is 6.26 Å². The summed E-state index contributed by atoms with van der Waals surface area (Å²) in [5, 5.41) is 8.68.